The van der Waals surface area contributed by atoms with Crippen LogP contribution in [-0.2, 0) is 6.54 Å². The molecule has 0 radical (unpaired) electrons. The number of hydrogen-bond acceptors (Lipinski definition) is 5. The maximum absolute atomic E-state index is 12.0. The minimum atomic E-state index is -0.0280. The lowest BCUT2D eigenvalue weighted by Gasteiger charge is -2.17. The van der Waals surface area contributed by atoms with Crippen LogP contribution in [0.15, 0.2) is 5.38 Å². The molecule has 1 amide bonds. The largest absolute Gasteiger partial charge is 0.340 e. The molecular weight excluding hydrogens is 236 g/mol. The quantitative estimate of drug-likeness (QED) is 0.811. The van der Waals surface area contributed by atoms with E-state index in [0.717, 1.165) is 24.5 Å². The first kappa shape index (κ1) is 14.1. The molecule has 1 rings (SSSR count). The van der Waals surface area contributed by atoms with E-state index < -0.39 is 0 Å². The molecule has 0 aliphatic carbocycles. The molecule has 0 fully saturated rings. The topological polar surface area (TPSA) is 62.5 Å². The molecule has 2 N–H and O–H groups in total. The maximum atomic E-state index is 12.0. The molecule has 0 unspecified atom stereocenters. The molecule has 0 spiro atoms. The summed E-state index contributed by atoms with van der Waals surface area (Å²) in [6, 6.07) is 0. The molecule has 0 saturated carbocycles. The van der Waals surface area contributed by atoms with Crippen molar-refractivity contribution < 1.29 is 4.79 Å². The van der Waals surface area contributed by atoms with Gasteiger partial charge in [-0.25, -0.2) is 4.98 Å². The van der Waals surface area contributed by atoms with Crippen LogP contribution in [0.1, 0.15) is 21.9 Å². The Bertz CT molecular complexity index is 364. The summed E-state index contributed by atoms with van der Waals surface area (Å²) in [5.41, 5.74) is 5.97. The van der Waals surface area contributed by atoms with Crippen molar-refractivity contribution in [1.29, 1.82) is 0 Å². The fourth-order valence-electron chi connectivity index (χ4n) is 1.42. The van der Waals surface area contributed by atoms with Crippen molar-refractivity contribution >= 4 is 17.2 Å². The average molecular weight is 256 g/mol. The van der Waals surface area contributed by atoms with Gasteiger partial charge in [-0.1, -0.05) is 0 Å². The monoisotopic (exact) mass is 256 g/mol. The molecule has 0 saturated heterocycles. The predicted octanol–water partition coefficient (Wildman–Crippen LogP) is 0.625. The van der Waals surface area contributed by atoms with E-state index >= 15 is 0 Å². The van der Waals surface area contributed by atoms with Gasteiger partial charge in [0.1, 0.15) is 10.7 Å². The van der Waals surface area contributed by atoms with Crippen molar-refractivity contribution in [3.63, 3.8) is 0 Å². The van der Waals surface area contributed by atoms with Gasteiger partial charge in [0.25, 0.3) is 5.91 Å². The first-order valence-electron chi connectivity index (χ1n) is 5.59. The van der Waals surface area contributed by atoms with Gasteiger partial charge in [-0.2, -0.15) is 0 Å². The van der Waals surface area contributed by atoms with Crippen molar-refractivity contribution in [2.24, 2.45) is 5.73 Å². The molecule has 0 aromatic carbocycles. The predicted molar refractivity (Wildman–Crippen MR) is 70.1 cm³/mol. The van der Waals surface area contributed by atoms with E-state index in [4.69, 9.17) is 5.73 Å². The minimum Gasteiger partial charge on any atom is -0.340 e. The van der Waals surface area contributed by atoms with Crippen LogP contribution in [0.5, 0.6) is 0 Å². The fourth-order valence-corrected chi connectivity index (χ4v) is 2.07. The number of rotatable bonds is 6. The minimum absolute atomic E-state index is 0.0280. The van der Waals surface area contributed by atoms with Gasteiger partial charge in [0, 0.05) is 25.5 Å². The summed E-state index contributed by atoms with van der Waals surface area (Å²) in [7, 11) is 5.85. The summed E-state index contributed by atoms with van der Waals surface area (Å²) >= 11 is 1.43. The highest BCUT2D eigenvalue weighted by atomic mass is 32.1. The van der Waals surface area contributed by atoms with E-state index in [9.17, 15) is 4.79 Å². The Labute approximate surface area is 106 Å². The first-order valence-corrected chi connectivity index (χ1v) is 6.47. The van der Waals surface area contributed by atoms with Gasteiger partial charge in [-0.3, -0.25) is 4.79 Å². The van der Waals surface area contributed by atoms with Crippen LogP contribution in [0.4, 0.5) is 0 Å². The standard InChI is InChI=1S/C11H20N4OS/c1-14(2)5-4-6-15(3)11(16)9-8-17-10(7-12)13-9/h8H,4-7,12H2,1-3H3. The van der Waals surface area contributed by atoms with Crippen LogP contribution in [0.25, 0.3) is 0 Å². The Morgan fingerprint density at radius 2 is 2.12 bits per heavy atom. The number of carbonyl (C=O) groups is 1. The Kier molecular flexibility index (Phi) is 5.54. The Balaban J connectivity index is 2.46. The Morgan fingerprint density at radius 1 is 1.41 bits per heavy atom. The third kappa shape index (κ3) is 4.41. The molecule has 0 bridgehead atoms. The van der Waals surface area contributed by atoms with Crippen molar-refractivity contribution in [3.8, 4) is 0 Å². The van der Waals surface area contributed by atoms with Crippen LogP contribution in [0.3, 0.4) is 0 Å². The summed E-state index contributed by atoms with van der Waals surface area (Å²) in [5.74, 6) is -0.0280. The molecule has 96 valence electrons. The number of carbonyl (C=O) groups excluding carboxylic acids is 1. The van der Waals surface area contributed by atoms with E-state index in [1.54, 1.807) is 17.3 Å². The zero-order chi connectivity index (χ0) is 12.8. The highest BCUT2D eigenvalue weighted by Gasteiger charge is 2.14. The van der Waals surface area contributed by atoms with E-state index in [2.05, 4.69) is 9.88 Å². The summed E-state index contributed by atoms with van der Waals surface area (Å²) in [6.07, 6.45) is 0.961. The van der Waals surface area contributed by atoms with Crippen molar-refractivity contribution in [3.05, 3.63) is 16.1 Å². The second-order valence-electron chi connectivity index (χ2n) is 4.21. The lowest BCUT2D eigenvalue weighted by molar-refractivity contribution is 0.0785. The highest BCUT2D eigenvalue weighted by molar-refractivity contribution is 7.09. The van der Waals surface area contributed by atoms with E-state index in [-0.39, 0.29) is 5.91 Å². The normalized spacial score (nSPS) is 10.9. The molecular formula is C11H20N4OS. The molecule has 5 nitrogen and oxygen atoms in total. The Morgan fingerprint density at radius 3 is 2.65 bits per heavy atom. The SMILES string of the molecule is CN(C)CCCN(C)C(=O)c1csc(CN)n1. The van der Waals surface area contributed by atoms with E-state index in [0.29, 0.717) is 12.2 Å². The van der Waals surface area contributed by atoms with Crippen LogP contribution < -0.4 is 5.73 Å². The molecule has 6 heteroatoms. The lowest BCUT2D eigenvalue weighted by atomic mass is 10.3. The Hall–Kier alpha value is -0.980. The number of hydrogen-bond donors (Lipinski definition) is 1. The summed E-state index contributed by atoms with van der Waals surface area (Å²) in [6.45, 7) is 2.11. The van der Waals surface area contributed by atoms with Gasteiger partial charge in [-0.05, 0) is 27.1 Å². The molecule has 1 heterocycles. The summed E-state index contributed by atoms with van der Waals surface area (Å²) < 4.78 is 0. The number of nitrogens with two attached hydrogens (primary N) is 1. The van der Waals surface area contributed by atoms with Crippen LogP contribution in [0, 0.1) is 0 Å². The second-order valence-corrected chi connectivity index (χ2v) is 5.16. The van der Waals surface area contributed by atoms with Gasteiger partial charge < -0.3 is 15.5 Å². The van der Waals surface area contributed by atoms with E-state index in [1.807, 2.05) is 14.1 Å². The molecule has 0 atom stereocenters. The third-order valence-corrected chi connectivity index (χ3v) is 3.26. The van der Waals surface area contributed by atoms with Gasteiger partial charge >= 0.3 is 0 Å². The number of aromatic nitrogens is 1. The maximum Gasteiger partial charge on any atom is 0.273 e. The van der Waals surface area contributed by atoms with Gasteiger partial charge in [-0.15, -0.1) is 11.3 Å². The van der Waals surface area contributed by atoms with Crippen molar-refractivity contribution in [2.45, 2.75) is 13.0 Å². The first-order chi connectivity index (χ1) is 8.04. The third-order valence-electron chi connectivity index (χ3n) is 2.39. The van der Waals surface area contributed by atoms with Crippen LogP contribution >= 0.6 is 11.3 Å². The lowest BCUT2D eigenvalue weighted by Crippen LogP contribution is -2.30. The fraction of sp³-hybridized carbons (Fsp3) is 0.636. The smallest absolute Gasteiger partial charge is 0.273 e. The second kappa shape index (κ2) is 6.68. The zero-order valence-electron chi connectivity index (χ0n) is 10.6. The molecule has 0 aliphatic heterocycles. The average Bonchev–Trinajstić information content (AvgIpc) is 2.75. The molecule has 1 aromatic heterocycles. The van der Waals surface area contributed by atoms with Gasteiger partial charge in [0.2, 0.25) is 0 Å². The van der Waals surface area contributed by atoms with Crippen LogP contribution in [0.2, 0.25) is 0 Å². The van der Waals surface area contributed by atoms with E-state index in [1.165, 1.54) is 11.3 Å². The highest BCUT2D eigenvalue weighted by Crippen LogP contribution is 2.10. The molecule has 17 heavy (non-hydrogen) atoms. The summed E-state index contributed by atoms with van der Waals surface area (Å²) in [4.78, 5) is 20.0. The molecule has 0 aliphatic rings. The van der Waals surface area contributed by atoms with Crippen molar-refractivity contribution in [2.75, 3.05) is 34.2 Å². The summed E-state index contributed by atoms with van der Waals surface area (Å²) in [5, 5.41) is 2.57. The molecule has 1 aromatic rings. The number of amides is 1. The van der Waals surface area contributed by atoms with Crippen LogP contribution in [-0.4, -0.2) is 54.9 Å². The van der Waals surface area contributed by atoms with Gasteiger partial charge in [0.15, 0.2) is 0 Å². The zero-order valence-corrected chi connectivity index (χ0v) is 11.5. The number of nitrogens with zero attached hydrogens (tertiary/aromatic N) is 3. The number of thiazole rings is 1. The van der Waals surface area contributed by atoms with Crippen molar-refractivity contribution in [1.82, 2.24) is 14.8 Å². The van der Waals surface area contributed by atoms with Gasteiger partial charge in [0.05, 0.1) is 0 Å².